The molecule has 1 aromatic carbocycles. The smallest absolute Gasteiger partial charge is 0.257 e. The maximum absolute atomic E-state index is 13.6. The van der Waals surface area contributed by atoms with E-state index in [9.17, 15) is 4.79 Å². The summed E-state index contributed by atoms with van der Waals surface area (Å²) < 4.78 is 0. The molecule has 0 bridgehead atoms. The molecule has 2 aliphatic rings. The maximum atomic E-state index is 13.6. The van der Waals surface area contributed by atoms with Crippen molar-refractivity contribution in [2.45, 2.75) is 79.4 Å². The van der Waals surface area contributed by atoms with Crippen molar-refractivity contribution < 1.29 is 4.79 Å². The molecule has 152 valence electrons. The third kappa shape index (κ3) is 3.06. The molecule has 2 unspecified atom stereocenters. The lowest BCUT2D eigenvalue weighted by molar-refractivity contribution is -0.120. The van der Waals surface area contributed by atoms with Gasteiger partial charge in [0.25, 0.3) is 5.91 Å². The highest BCUT2D eigenvalue weighted by molar-refractivity contribution is 6.19. The van der Waals surface area contributed by atoms with Crippen molar-refractivity contribution in [3.63, 3.8) is 0 Å². The molecular formula is C23H34N4O. The van der Waals surface area contributed by atoms with E-state index in [1.165, 1.54) is 5.56 Å². The number of carbonyl (C=O) groups excluding carboxylic acids is 1. The average Bonchev–Trinajstić information content (AvgIpc) is 2.80. The second kappa shape index (κ2) is 7.36. The molecule has 0 fully saturated rings. The van der Waals surface area contributed by atoms with E-state index >= 15 is 0 Å². The fourth-order valence-electron chi connectivity index (χ4n) is 4.70. The van der Waals surface area contributed by atoms with Crippen LogP contribution in [0.15, 0.2) is 28.5 Å². The number of anilines is 1. The van der Waals surface area contributed by atoms with Gasteiger partial charge in [0.2, 0.25) is 0 Å². The number of aryl methyl sites for hydroxylation is 3. The zero-order valence-corrected chi connectivity index (χ0v) is 18.4. The zero-order valence-electron chi connectivity index (χ0n) is 18.4. The molecule has 2 heterocycles. The molecule has 0 spiro atoms. The summed E-state index contributed by atoms with van der Waals surface area (Å²) >= 11 is 0. The summed E-state index contributed by atoms with van der Waals surface area (Å²) in [6, 6.07) is 4.27. The minimum atomic E-state index is -1.07. The van der Waals surface area contributed by atoms with Crippen LogP contribution in [0.3, 0.4) is 0 Å². The summed E-state index contributed by atoms with van der Waals surface area (Å²) in [6.07, 6.45) is 2.98. The number of nitrogens with zero attached hydrogens (tertiary/aromatic N) is 3. The Hall–Kier alpha value is -2.14. The number of aliphatic imine (C=N–C) groups is 1. The van der Waals surface area contributed by atoms with Crippen LogP contribution in [0.1, 0.15) is 63.6 Å². The lowest BCUT2D eigenvalue weighted by atomic mass is 9.88. The van der Waals surface area contributed by atoms with Gasteiger partial charge in [-0.25, -0.2) is 0 Å². The van der Waals surface area contributed by atoms with E-state index in [0.29, 0.717) is 0 Å². The van der Waals surface area contributed by atoms with Gasteiger partial charge in [-0.15, -0.1) is 0 Å². The predicted octanol–water partition coefficient (Wildman–Crippen LogP) is 4.20. The molecule has 28 heavy (non-hydrogen) atoms. The van der Waals surface area contributed by atoms with Crippen molar-refractivity contribution in [2.75, 3.05) is 11.4 Å². The van der Waals surface area contributed by atoms with Crippen molar-refractivity contribution in [3.8, 4) is 0 Å². The lowest BCUT2D eigenvalue weighted by Gasteiger charge is -2.38. The van der Waals surface area contributed by atoms with Gasteiger partial charge in [0.15, 0.2) is 0 Å². The molecule has 0 saturated heterocycles. The van der Waals surface area contributed by atoms with Crippen molar-refractivity contribution >= 4 is 17.3 Å². The Kier molecular flexibility index (Phi) is 5.41. The third-order valence-corrected chi connectivity index (χ3v) is 5.92. The molecule has 0 saturated carbocycles. The Morgan fingerprint density at radius 1 is 1.18 bits per heavy atom. The van der Waals surface area contributed by atoms with Gasteiger partial charge >= 0.3 is 0 Å². The lowest BCUT2D eigenvalue weighted by Crippen LogP contribution is -2.49. The van der Waals surface area contributed by atoms with Crippen LogP contribution in [0, 0.1) is 20.8 Å². The second-order valence-electron chi connectivity index (χ2n) is 8.39. The van der Waals surface area contributed by atoms with Crippen LogP contribution in [0.5, 0.6) is 0 Å². The highest BCUT2D eigenvalue weighted by Crippen LogP contribution is 2.43. The monoisotopic (exact) mass is 382 g/mol. The number of nitrogens with two attached hydrogens (primary N) is 1. The molecule has 0 aliphatic carbocycles. The van der Waals surface area contributed by atoms with Crippen molar-refractivity contribution in [3.05, 3.63) is 40.2 Å². The van der Waals surface area contributed by atoms with Crippen LogP contribution in [-0.2, 0) is 4.79 Å². The van der Waals surface area contributed by atoms with Gasteiger partial charge in [-0.1, -0.05) is 31.0 Å². The molecule has 1 amide bonds. The first-order chi connectivity index (χ1) is 13.1. The second-order valence-corrected chi connectivity index (χ2v) is 8.39. The van der Waals surface area contributed by atoms with Gasteiger partial charge < -0.3 is 10.6 Å². The Morgan fingerprint density at radius 3 is 2.32 bits per heavy atom. The topological polar surface area (TPSA) is 61.9 Å². The van der Waals surface area contributed by atoms with Crippen LogP contribution in [0.4, 0.5) is 5.69 Å². The molecule has 2 aliphatic heterocycles. The van der Waals surface area contributed by atoms with E-state index < -0.39 is 5.54 Å². The Bertz CT molecular complexity index is 842. The van der Waals surface area contributed by atoms with Crippen LogP contribution < -0.4 is 10.6 Å². The fourth-order valence-corrected chi connectivity index (χ4v) is 4.70. The van der Waals surface area contributed by atoms with E-state index in [1.807, 2.05) is 11.8 Å². The number of amides is 1. The van der Waals surface area contributed by atoms with Crippen molar-refractivity contribution in [1.29, 1.82) is 0 Å². The Labute approximate surface area is 169 Å². The highest BCUT2D eigenvalue weighted by atomic mass is 16.2. The van der Waals surface area contributed by atoms with Gasteiger partial charge in [0.05, 0.1) is 5.69 Å². The zero-order chi connectivity index (χ0) is 20.8. The highest BCUT2D eigenvalue weighted by Gasteiger charge is 2.53. The first-order valence-corrected chi connectivity index (χ1v) is 10.4. The summed E-state index contributed by atoms with van der Waals surface area (Å²) in [5.74, 6) is 0.866. The molecule has 2 N–H and O–H groups in total. The average molecular weight is 383 g/mol. The number of hydrogen-bond donors (Lipinski definition) is 1. The molecule has 1 aromatic rings. The predicted molar refractivity (Wildman–Crippen MR) is 117 cm³/mol. The number of unbranched alkanes of at least 4 members (excludes halogenated alkanes) is 1. The number of hydrogen-bond acceptors (Lipinski definition) is 4. The first kappa shape index (κ1) is 20.6. The summed E-state index contributed by atoms with van der Waals surface area (Å²) in [7, 11) is 0. The first-order valence-electron chi connectivity index (χ1n) is 10.4. The normalized spacial score (nSPS) is 24.8. The SMILES string of the molecule is CCCCC1=NC(C)N(CC)C2=C1C(C)(N)C(=O)N2c1c(C)cc(C)cc1C. The van der Waals surface area contributed by atoms with Crippen molar-refractivity contribution in [1.82, 2.24) is 4.90 Å². The van der Waals surface area contributed by atoms with E-state index in [2.05, 4.69) is 58.6 Å². The molecule has 3 rings (SSSR count). The summed E-state index contributed by atoms with van der Waals surface area (Å²) in [5, 5.41) is 0. The summed E-state index contributed by atoms with van der Waals surface area (Å²) in [4.78, 5) is 22.7. The Balaban J connectivity index is 2.27. The fraction of sp³-hybridized carbons (Fsp3) is 0.565. The van der Waals surface area contributed by atoms with Crippen LogP contribution >= 0.6 is 0 Å². The van der Waals surface area contributed by atoms with Gasteiger partial charge in [-0.2, -0.15) is 0 Å². The molecule has 5 heteroatoms. The number of carbonyl (C=O) groups is 1. The standard InChI is InChI=1S/C23H34N4O/c1-8-10-11-18-19-21(26(9-2)17(6)25-18)27(22(28)23(19,7)24)20-15(4)12-14(3)13-16(20)5/h12-13,17H,8-11,24H2,1-7H3. The number of benzene rings is 1. The van der Waals surface area contributed by atoms with Crippen LogP contribution in [-0.4, -0.2) is 34.8 Å². The van der Waals surface area contributed by atoms with E-state index in [4.69, 9.17) is 10.7 Å². The van der Waals surface area contributed by atoms with Crippen LogP contribution in [0.25, 0.3) is 0 Å². The van der Waals surface area contributed by atoms with E-state index in [-0.39, 0.29) is 12.1 Å². The van der Waals surface area contributed by atoms with Gasteiger partial charge in [0.1, 0.15) is 17.5 Å². The molecule has 0 aromatic heterocycles. The quantitative estimate of drug-likeness (QED) is 0.830. The van der Waals surface area contributed by atoms with E-state index in [1.54, 1.807) is 0 Å². The molecule has 2 atom stereocenters. The number of rotatable bonds is 5. The van der Waals surface area contributed by atoms with Gasteiger partial charge in [-0.05, 0) is 65.5 Å². The Morgan fingerprint density at radius 2 is 1.79 bits per heavy atom. The summed E-state index contributed by atoms with van der Waals surface area (Å²) in [6.45, 7) is 15.2. The maximum Gasteiger partial charge on any atom is 0.257 e. The molecule has 0 radical (unpaired) electrons. The third-order valence-electron chi connectivity index (χ3n) is 5.92. The van der Waals surface area contributed by atoms with Crippen molar-refractivity contribution in [2.24, 2.45) is 10.7 Å². The van der Waals surface area contributed by atoms with E-state index in [0.717, 1.165) is 59.7 Å². The van der Waals surface area contributed by atoms with Crippen LogP contribution in [0.2, 0.25) is 0 Å². The van der Waals surface area contributed by atoms with Gasteiger partial charge in [-0.3, -0.25) is 14.7 Å². The molecule has 5 nitrogen and oxygen atoms in total. The molecular weight excluding hydrogens is 348 g/mol. The van der Waals surface area contributed by atoms with Gasteiger partial charge in [0, 0.05) is 17.8 Å². The largest absolute Gasteiger partial charge is 0.336 e. The minimum absolute atomic E-state index is 0.00846. The summed E-state index contributed by atoms with van der Waals surface area (Å²) in [5.41, 5.74) is 11.9. The minimum Gasteiger partial charge on any atom is -0.336 e.